The molecule has 0 radical (unpaired) electrons. The maximum Gasteiger partial charge on any atom is 0.296 e. The number of benzene rings is 2. The molecule has 3 rings (SSSR count). The van der Waals surface area contributed by atoms with Crippen LogP contribution in [0.5, 0.6) is 0 Å². The molecule has 2 aromatic carbocycles. The second-order valence-corrected chi connectivity index (χ2v) is 10.4. The molecule has 0 aliphatic rings. The van der Waals surface area contributed by atoms with Gasteiger partial charge in [0.2, 0.25) is 0 Å². The molecule has 3 aromatic rings. The van der Waals surface area contributed by atoms with Gasteiger partial charge >= 0.3 is 0 Å². The summed E-state index contributed by atoms with van der Waals surface area (Å²) in [7, 11) is -2.21. The summed E-state index contributed by atoms with van der Waals surface area (Å²) < 4.78 is 32.3. The summed E-state index contributed by atoms with van der Waals surface area (Å²) >= 11 is 0. The summed E-state index contributed by atoms with van der Waals surface area (Å²) in [6, 6.07) is 12.9. The second kappa shape index (κ2) is 7.47. The van der Waals surface area contributed by atoms with Crippen molar-refractivity contribution in [1.82, 2.24) is 9.36 Å². The zero-order chi connectivity index (χ0) is 22.4. The molecule has 0 unspecified atom stereocenters. The van der Waals surface area contributed by atoms with Crippen LogP contribution in [0.4, 0.5) is 5.69 Å². The first kappa shape index (κ1) is 21.9. The van der Waals surface area contributed by atoms with Crippen LogP contribution in [0.3, 0.4) is 0 Å². The van der Waals surface area contributed by atoms with Crippen LogP contribution in [0.25, 0.3) is 5.69 Å². The number of sulfonamides is 1. The van der Waals surface area contributed by atoms with Crippen LogP contribution in [0.1, 0.15) is 43.2 Å². The van der Waals surface area contributed by atoms with E-state index in [0.29, 0.717) is 22.5 Å². The van der Waals surface area contributed by atoms with E-state index >= 15 is 0 Å². The van der Waals surface area contributed by atoms with E-state index in [1.54, 1.807) is 44.6 Å². The summed E-state index contributed by atoms with van der Waals surface area (Å²) in [4.78, 5) is 13.3. The van der Waals surface area contributed by atoms with Crippen molar-refractivity contribution in [2.24, 2.45) is 7.05 Å². The van der Waals surface area contributed by atoms with Crippen molar-refractivity contribution in [3.05, 3.63) is 75.2 Å². The standard InChI is InChI=1S/C23H29N3O3S/c1-15-13-18(23(4,5)6)14-16(2)21(15)30(28,29)24-20-17(3)25(7)26(22(20)27)19-11-9-8-10-12-19/h8-14,24H,1-7H3. The highest BCUT2D eigenvalue weighted by molar-refractivity contribution is 7.92. The van der Waals surface area contributed by atoms with E-state index in [1.165, 1.54) is 4.68 Å². The first-order valence-electron chi connectivity index (χ1n) is 9.83. The Bertz CT molecular complexity index is 1240. The van der Waals surface area contributed by atoms with Gasteiger partial charge in [-0.3, -0.25) is 14.2 Å². The highest BCUT2D eigenvalue weighted by atomic mass is 32.2. The Morgan fingerprint density at radius 2 is 1.47 bits per heavy atom. The molecule has 0 atom stereocenters. The molecule has 160 valence electrons. The normalized spacial score (nSPS) is 12.2. The van der Waals surface area contributed by atoms with Crippen molar-refractivity contribution in [2.75, 3.05) is 4.72 Å². The van der Waals surface area contributed by atoms with Gasteiger partial charge in [0.05, 0.1) is 16.3 Å². The summed E-state index contributed by atoms with van der Waals surface area (Å²) in [6.07, 6.45) is 0. The van der Waals surface area contributed by atoms with Crippen LogP contribution in [-0.4, -0.2) is 17.8 Å². The summed E-state index contributed by atoms with van der Waals surface area (Å²) in [5.74, 6) is 0. The molecule has 0 saturated heterocycles. The van der Waals surface area contributed by atoms with Gasteiger partial charge in [-0.15, -0.1) is 0 Å². The molecule has 0 bridgehead atoms. The number of anilines is 1. The minimum absolute atomic E-state index is 0.0556. The first-order valence-corrected chi connectivity index (χ1v) is 11.3. The molecule has 0 aliphatic heterocycles. The predicted octanol–water partition coefficient (Wildman–Crippen LogP) is 4.20. The van der Waals surface area contributed by atoms with Crippen LogP contribution in [0, 0.1) is 20.8 Å². The van der Waals surface area contributed by atoms with Crippen LogP contribution < -0.4 is 10.3 Å². The average Bonchev–Trinajstić information content (AvgIpc) is 2.84. The van der Waals surface area contributed by atoms with Gasteiger partial charge in [0.15, 0.2) is 0 Å². The van der Waals surface area contributed by atoms with Crippen LogP contribution in [0.2, 0.25) is 0 Å². The number of rotatable bonds is 4. The topological polar surface area (TPSA) is 73.1 Å². The Hall–Kier alpha value is -2.80. The number of nitrogens with zero attached hydrogens (tertiary/aromatic N) is 2. The van der Waals surface area contributed by atoms with Crippen molar-refractivity contribution < 1.29 is 8.42 Å². The van der Waals surface area contributed by atoms with E-state index in [9.17, 15) is 13.2 Å². The lowest BCUT2D eigenvalue weighted by Crippen LogP contribution is -2.24. The molecule has 0 spiro atoms. The monoisotopic (exact) mass is 427 g/mol. The Morgan fingerprint density at radius 3 is 1.97 bits per heavy atom. The van der Waals surface area contributed by atoms with Gasteiger partial charge in [-0.1, -0.05) is 51.1 Å². The number of hydrogen-bond acceptors (Lipinski definition) is 3. The van der Waals surface area contributed by atoms with Gasteiger partial charge in [0.25, 0.3) is 15.6 Å². The van der Waals surface area contributed by atoms with E-state index < -0.39 is 15.6 Å². The van der Waals surface area contributed by atoms with Crippen molar-refractivity contribution in [2.45, 2.75) is 51.9 Å². The van der Waals surface area contributed by atoms with Crippen molar-refractivity contribution in [1.29, 1.82) is 0 Å². The molecular weight excluding hydrogens is 398 g/mol. The molecule has 1 heterocycles. The average molecular weight is 428 g/mol. The van der Waals surface area contributed by atoms with E-state index in [4.69, 9.17) is 0 Å². The summed E-state index contributed by atoms with van der Waals surface area (Å²) in [6.45, 7) is 11.6. The van der Waals surface area contributed by atoms with E-state index in [1.807, 2.05) is 30.3 Å². The Morgan fingerprint density at radius 1 is 0.933 bits per heavy atom. The number of para-hydroxylation sites is 1. The highest BCUT2D eigenvalue weighted by Crippen LogP contribution is 2.30. The Labute approximate surface area is 178 Å². The smallest absolute Gasteiger partial charge is 0.283 e. The zero-order valence-corrected chi connectivity index (χ0v) is 19.4. The van der Waals surface area contributed by atoms with Crippen LogP contribution >= 0.6 is 0 Å². The van der Waals surface area contributed by atoms with Gasteiger partial charge in [-0.25, -0.2) is 13.1 Å². The van der Waals surface area contributed by atoms with Gasteiger partial charge in [-0.2, -0.15) is 0 Å². The second-order valence-electron chi connectivity index (χ2n) is 8.73. The van der Waals surface area contributed by atoms with Crippen LogP contribution in [0.15, 0.2) is 52.2 Å². The number of hydrogen-bond donors (Lipinski definition) is 1. The number of nitrogens with one attached hydrogen (secondary N) is 1. The molecule has 1 N–H and O–H groups in total. The third-order valence-corrected chi connectivity index (χ3v) is 7.04. The molecular formula is C23H29N3O3S. The minimum atomic E-state index is -3.94. The molecule has 0 saturated carbocycles. The fourth-order valence-electron chi connectivity index (χ4n) is 3.68. The molecule has 6 nitrogen and oxygen atoms in total. The highest BCUT2D eigenvalue weighted by Gasteiger charge is 2.26. The van der Waals surface area contributed by atoms with E-state index in [2.05, 4.69) is 25.5 Å². The van der Waals surface area contributed by atoms with Gasteiger partial charge in [0, 0.05) is 7.05 Å². The van der Waals surface area contributed by atoms with E-state index in [-0.39, 0.29) is 16.0 Å². The molecule has 0 fully saturated rings. The SMILES string of the molecule is Cc1cc(C(C)(C)C)cc(C)c1S(=O)(=O)Nc1c(C)n(C)n(-c2ccccc2)c1=O. The Balaban J connectivity index is 2.11. The zero-order valence-electron chi connectivity index (χ0n) is 18.6. The summed E-state index contributed by atoms with van der Waals surface area (Å²) in [5.41, 5.74) is 3.14. The fraction of sp³-hybridized carbons (Fsp3) is 0.348. The molecule has 7 heteroatoms. The number of aromatic nitrogens is 2. The Kier molecular flexibility index (Phi) is 5.45. The third kappa shape index (κ3) is 3.81. The third-order valence-electron chi connectivity index (χ3n) is 5.39. The lowest BCUT2D eigenvalue weighted by atomic mass is 9.85. The lowest BCUT2D eigenvalue weighted by molar-refractivity contribution is 0.585. The molecule has 0 amide bonds. The first-order chi connectivity index (χ1) is 13.8. The quantitative estimate of drug-likeness (QED) is 0.678. The largest absolute Gasteiger partial charge is 0.296 e. The molecule has 30 heavy (non-hydrogen) atoms. The maximum absolute atomic E-state index is 13.3. The minimum Gasteiger partial charge on any atom is -0.283 e. The van der Waals surface area contributed by atoms with Gasteiger partial charge < -0.3 is 0 Å². The van der Waals surface area contributed by atoms with Gasteiger partial charge in [0.1, 0.15) is 5.69 Å². The van der Waals surface area contributed by atoms with Crippen molar-refractivity contribution in [3.8, 4) is 5.69 Å². The van der Waals surface area contributed by atoms with Crippen molar-refractivity contribution in [3.63, 3.8) is 0 Å². The lowest BCUT2D eigenvalue weighted by Gasteiger charge is -2.22. The van der Waals surface area contributed by atoms with E-state index in [0.717, 1.165) is 5.56 Å². The maximum atomic E-state index is 13.3. The summed E-state index contributed by atoms with van der Waals surface area (Å²) in [5, 5.41) is 0. The van der Waals surface area contributed by atoms with Crippen LogP contribution in [-0.2, 0) is 22.5 Å². The van der Waals surface area contributed by atoms with Gasteiger partial charge in [-0.05, 0) is 55.0 Å². The number of aryl methyl sites for hydroxylation is 2. The predicted molar refractivity (Wildman–Crippen MR) is 121 cm³/mol. The van der Waals surface area contributed by atoms with Crippen molar-refractivity contribution >= 4 is 15.7 Å². The molecule has 1 aromatic heterocycles. The molecule has 0 aliphatic carbocycles. The fourth-order valence-corrected chi connectivity index (χ4v) is 5.25.